The molecule has 1 saturated heterocycles. The van der Waals surface area contributed by atoms with Gasteiger partial charge in [0.15, 0.2) is 0 Å². The lowest BCUT2D eigenvalue weighted by molar-refractivity contribution is -0.133. The fourth-order valence-electron chi connectivity index (χ4n) is 3.02. The molecule has 1 fully saturated rings. The summed E-state index contributed by atoms with van der Waals surface area (Å²) < 4.78 is 0. The van der Waals surface area contributed by atoms with Crippen LogP contribution in [0, 0.1) is 6.92 Å². The zero-order chi connectivity index (χ0) is 18.5. The molecule has 0 radical (unpaired) electrons. The molecule has 3 rings (SSSR count). The van der Waals surface area contributed by atoms with E-state index >= 15 is 0 Å². The average Bonchev–Trinajstić information content (AvgIpc) is 2.66. The van der Waals surface area contributed by atoms with Crippen LogP contribution in [0.3, 0.4) is 0 Å². The van der Waals surface area contributed by atoms with Crippen molar-refractivity contribution in [1.82, 2.24) is 0 Å². The van der Waals surface area contributed by atoms with E-state index in [4.69, 9.17) is 11.6 Å². The Kier molecular flexibility index (Phi) is 5.78. The highest BCUT2D eigenvalue weighted by atomic mass is 35.5. The molecule has 0 spiro atoms. The van der Waals surface area contributed by atoms with Crippen molar-refractivity contribution in [3.8, 4) is 0 Å². The predicted molar refractivity (Wildman–Crippen MR) is 106 cm³/mol. The van der Waals surface area contributed by atoms with Crippen LogP contribution in [0.1, 0.15) is 24.8 Å². The fourth-order valence-corrected chi connectivity index (χ4v) is 3.19. The predicted octanol–water partition coefficient (Wildman–Crippen LogP) is 4.22. The number of hydrogen-bond donors (Lipinski definition) is 2. The number of nitrogens with zero attached hydrogens (tertiary/aromatic N) is 1. The number of benzene rings is 2. The zero-order valence-corrected chi connectivity index (χ0v) is 15.5. The zero-order valence-electron chi connectivity index (χ0n) is 14.7. The van der Waals surface area contributed by atoms with E-state index in [0.29, 0.717) is 16.4 Å². The molecule has 2 amide bonds. The second-order valence-electron chi connectivity index (χ2n) is 6.42. The van der Waals surface area contributed by atoms with Gasteiger partial charge in [0.1, 0.15) is 0 Å². The van der Waals surface area contributed by atoms with Gasteiger partial charge in [-0.2, -0.15) is 0 Å². The fraction of sp³-hybridized carbons (Fsp3) is 0.300. The van der Waals surface area contributed by atoms with Gasteiger partial charge in [0.05, 0.1) is 0 Å². The molecule has 2 aromatic rings. The first-order valence-corrected chi connectivity index (χ1v) is 9.15. The van der Waals surface area contributed by atoms with Crippen LogP contribution in [0.25, 0.3) is 0 Å². The molecule has 26 heavy (non-hydrogen) atoms. The van der Waals surface area contributed by atoms with Gasteiger partial charge in [-0.25, -0.2) is 0 Å². The maximum absolute atomic E-state index is 12.1. The summed E-state index contributed by atoms with van der Waals surface area (Å²) >= 11 is 6.03. The van der Waals surface area contributed by atoms with E-state index < -0.39 is 11.8 Å². The molecule has 2 N–H and O–H groups in total. The smallest absolute Gasteiger partial charge is 0.314 e. The molecule has 2 aromatic carbocycles. The Morgan fingerprint density at radius 3 is 2.27 bits per heavy atom. The number of amides is 2. The van der Waals surface area contributed by atoms with Gasteiger partial charge in [-0.1, -0.05) is 17.7 Å². The molecule has 1 aliphatic rings. The molecule has 0 bridgehead atoms. The van der Waals surface area contributed by atoms with E-state index in [2.05, 4.69) is 15.5 Å². The molecule has 5 nitrogen and oxygen atoms in total. The van der Waals surface area contributed by atoms with Crippen LogP contribution in [0.5, 0.6) is 0 Å². The van der Waals surface area contributed by atoms with E-state index in [1.54, 1.807) is 25.1 Å². The third-order valence-electron chi connectivity index (χ3n) is 4.57. The molecule has 0 aromatic heterocycles. The van der Waals surface area contributed by atoms with Gasteiger partial charge >= 0.3 is 11.8 Å². The van der Waals surface area contributed by atoms with Gasteiger partial charge in [-0.3, -0.25) is 9.59 Å². The van der Waals surface area contributed by atoms with E-state index in [-0.39, 0.29) is 0 Å². The summed E-state index contributed by atoms with van der Waals surface area (Å²) in [4.78, 5) is 26.6. The summed E-state index contributed by atoms with van der Waals surface area (Å²) in [6, 6.07) is 12.7. The van der Waals surface area contributed by atoms with Gasteiger partial charge in [-0.15, -0.1) is 0 Å². The highest BCUT2D eigenvalue weighted by Crippen LogP contribution is 2.23. The maximum Gasteiger partial charge on any atom is 0.314 e. The van der Waals surface area contributed by atoms with Crippen molar-refractivity contribution in [3.63, 3.8) is 0 Å². The van der Waals surface area contributed by atoms with Gasteiger partial charge in [0.2, 0.25) is 0 Å². The minimum absolute atomic E-state index is 0.526. The molecule has 6 heteroatoms. The van der Waals surface area contributed by atoms with Crippen molar-refractivity contribution >= 4 is 40.5 Å². The topological polar surface area (TPSA) is 61.4 Å². The number of rotatable bonds is 3. The van der Waals surface area contributed by atoms with E-state index in [0.717, 1.165) is 24.3 Å². The molecule has 1 heterocycles. The number of carbonyl (C=O) groups is 2. The summed E-state index contributed by atoms with van der Waals surface area (Å²) in [7, 11) is 0. The summed E-state index contributed by atoms with van der Waals surface area (Å²) in [5.41, 5.74) is 2.98. The van der Waals surface area contributed by atoms with Crippen molar-refractivity contribution in [1.29, 1.82) is 0 Å². The van der Waals surface area contributed by atoms with E-state index in [9.17, 15) is 9.59 Å². The summed E-state index contributed by atoms with van der Waals surface area (Å²) in [5, 5.41) is 5.75. The summed E-state index contributed by atoms with van der Waals surface area (Å²) in [6.45, 7) is 3.91. The van der Waals surface area contributed by atoms with Crippen molar-refractivity contribution in [2.24, 2.45) is 0 Å². The monoisotopic (exact) mass is 371 g/mol. The third-order valence-corrected chi connectivity index (χ3v) is 4.98. The molecule has 0 unspecified atom stereocenters. The molecule has 0 saturated carbocycles. The minimum Gasteiger partial charge on any atom is -0.372 e. The standard InChI is InChI=1S/C20H22ClN3O2/c1-14-17(21)6-5-7-18(14)23-20(26)19(25)22-15-8-10-16(11-9-15)24-12-3-2-4-13-24/h5-11H,2-4,12-13H2,1H3,(H,22,25)(H,23,26). The number of carbonyl (C=O) groups excluding carboxylic acids is 2. The van der Waals surface area contributed by atoms with Gasteiger partial charge in [-0.05, 0) is 68.1 Å². The summed E-state index contributed by atoms with van der Waals surface area (Å²) in [6.07, 6.45) is 3.70. The molecule has 0 aliphatic carbocycles. The van der Waals surface area contributed by atoms with Gasteiger partial charge in [0.25, 0.3) is 0 Å². The Hall–Kier alpha value is -2.53. The van der Waals surface area contributed by atoms with Crippen LogP contribution < -0.4 is 15.5 Å². The lowest BCUT2D eigenvalue weighted by atomic mass is 10.1. The minimum atomic E-state index is -0.726. The van der Waals surface area contributed by atoms with Crippen molar-refractivity contribution < 1.29 is 9.59 Å². The van der Waals surface area contributed by atoms with Crippen molar-refractivity contribution in [3.05, 3.63) is 53.1 Å². The second-order valence-corrected chi connectivity index (χ2v) is 6.82. The lowest BCUT2D eigenvalue weighted by Gasteiger charge is -2.28. The Morgan fingerprint density at radius 2 is 1.58 bits per heavy atom. The van der Waals surface area contributed by atoms with Crippen LogP contribution in [0.15, 0.2) is 42.5 Å². The van der Waals surface area contributed by atoms with E-state index in [1.807, 2.05) is 24.3 Å². The Morgan fingerprint density at radius 1 is 0.923 bits per heavy atom. The molecule has 0 atom stereocenters. The second kappa shape index (κ2) is 8.23. The number of anilines is 3. The van der Waals surface area contributed by atoms with Crippen LogP contribution in [-0.2, 0) is 9.59 Å². The quantitative estimate of drug-likeness (QED) is 0.794. The highest BCUT2D eigenvalue weighted by molar-refractivity contribution is 6.44. The number of nitrogens with one attached hydrogen (secondary N) is 2. The number of halogens is 1. The number of piperidine rings is 1. The first-order valence-electron chi connectivity index (χ1n) is 8.77. The van der Waals surface area contributed by atoms with Crippen molar-refractivity contribution in [2.45, 2.75) is 26.2 Å². The van der Waals surface area contributed by atoms with Crippen LogP contribution >= 0.6 is 11.6 Å². The van der Waals surface area contributed by atoms with Crippen LogP contribution in [0.4, 0.5) is 17.1 Å². The Bertz CT molecular complexity index is 799. The van der Waals surface area contributed by atoms with E-state index in [1.165, 1.54) is 19.3 Å². The Labute approximate surface area is 158 Å². The van der Waals surface area contributed by atoms with Crippen LogP contribution in [0.2, 0.25) is 5.02 Å². The van der Waals surface area contributed by atoms with Crippen LogP contribution in [-0.4, -0.2) is 24.9 Å². The highest BCUT2D eigenvalue weighted by Gasteiger charge is 2.16. The maximum atomic E-state index is 12.1. The summed E-state index contributed by atoms with van der Waals surface area (Å²) in [5.74, 6) is -1.44. The number of hydrogen-bond acceptors (Lipinski definition) is 3. The SMILES string of the molecule is Cc1c(Cl)cccc1NC(=O)C(=O)Nc1ccc(N2CCCCC2)cc1. The van der Waals surface area contributed by atoms with Gasteiger partial charge in [0, 0.05) is 35.2 Å². The lowest BCUT2D eigenvalue weighted by Crippen LogP contribution is -2.30. The average molecular weight is 372 g/mol. The largest absolute Gasteiger partial charge is 0.372 e. The van der Waals surface area contributed by atoms with Crippen molar-refractivity contribution in [2.75, 3.05) is 28.6 Å². The first-order chi connectivity index (χ1) is 12.5. The normalized spacial score (nSPS) is 14.0. The Balaban J connectivity index is 1.60. The molecule has 1 aliphatic heterocycles. The molecule has 136 valence electrons. The molecular weight excluding hydrogens is 350 g/mol. The molecular formula is C20H22ClN3O2. The third kappa shape index (κ3) is 4.35. The first kappa shape index (κ1) is 18.3. The van der Waals surface area contributed by atoms with Gasteiger partial charge < -0.3 is 15.5 Å².